The minimum Gasteiger partial charge on any atom is -0.490 e. The van der Waals surface area contributed by atoms with E-state index in [4.69, 9.17) is 25.8 Å². The lowest BCUT2D eigenvalue weighted by atomic mass is 9.91. The SMILES string of the molecule is COC(=O)C[C@H]1[C@H](C)C(C(F)(F)F)=NN1c1ccc(OC2CCN(c3cc(OC)ncc3Cl)CC23CC3)cc1. The lowest BCUT2D eigenvalue weighted by Crippen LogP contribution is -2.47. The fourth-order valence-electron chi connectivity index (χ4n) is 5.53. The number of rotatable bonds is 7. The van der Waals surface area contributed by atoms with Crippen molar-refractivity contribution in [2.45, 2.75) is 50.9 Å². The second kappa shape index (κ2) is 10.4. The van der Waals surface area contributed by atoms with Gasteiger partial charge in [-0.15, -0.1) is 0 Å². The van der Waals surface area contributed by atoms with Gasteiger partial charge in [0.25, 0.3) is 0 Å². The Morgan fingerprint density at radius 2 is 1.92 bits per heavy atom. The van der Waals surface area contributed by atoms with Crippen LogP contribution in [0.2, 0.25) is 5.02 Å². The van der Waals surface area contributed by atoms with Gasteiger partial charge in [-0.2, -0.15) is 18.3 Å². The maximum Gasteiger partial charge on any atom is 0.431 e. The van der Waals surface area contributed by atoms with Gasteiger partial charge in [0.05, 0.1) is 49.3 Å². The standard InChI is InChI=1S/C27H30ClF3N4O4/c1-16-20(13-24(36)38-3)35(33-25(16)27(29,30)31)17-4-6-18(7-5-17)39-22-8-11-34(15-26(22)9-10-26)21-12-23(37-2)32-14-19(21)28/h4-7,12,14,16,20,22H,8-11,13,15H2,1-3H3/t16-,20-,22?/m0/s1. The van der Waals surface area contributed by atoms with E-state index in [-0.39, 0.29) is 17.9 Å². The molecule has 39 heavy (non-hydrogen) atoms. The van der Waals surface area contributed by atoms with Crippen LogP contribution in [0.1, 0.15) is 32.6 Å². The molecule has 1 spiro atoms. The van der Waals surface area contributed by atoms with Crippen LogP contribution >= 0.6 is 11.6 Å². The van der Waals surface area contributed by atoms with Crippen molar-refractivity contribution < 1.29 is 32.2 Å². The van der Waals surface area contributed by atoms with Gasteiger partial charge in [-0.25, -0.2) is 4.98 Å². The Kier molecular flexibility index (Phi) is 7.30. The Labute approximate surface area is 229 Å². The van der Waals surface area contributed by atoms with Crippen LogP contribution in [0.3, 0.4) is 0 Å². The van der Waals surface area contributed by atoms with Crippen molar-refractivity contribution in [1.29, 1.82) is 0 Å². The molecule has 2 fully saturated rings. The molecule has 0 bridgehead atoms. The lowest BCUT2D eigenvalue weighted by Gasteiger charge is -2.40. The highest BCUT2D eigenvalue weighted by Gasteiger charge is 2.54. The van der Waals surface area contributed by atoms with Gasteiger partial charge in [-0.3, -0.25) is 9.80 Å². The first-order valence-electron chi connectivity index (χ1n) is 12.8. The van der Waals surface area contributed by atoms with Gasteiger partial charge in [0.15, 0.2) is 0 Å². The molecule has 0 amide bonds. The number of esters is 1. The highest BCUT2D eigenvalue weighted by molar-refractivity contribution is 6.33. The molecule has 210 valence electrons. The summed E-state index contributed by atoms with van der Waals surface area (Å²) in [6.07, 6.45) is -0.372. The molecule has 1 saturated carbocycles. The number of alkyl halides is 3. The molecule has 3 atom stereocenters. The predicted octanol–water partition coefficient (Wildman–Crippen LogP) is 5.49. The molecule has 2 aromatic rings. The van der Waals surface area contributed by atoms with Gasteiger partial charge in [-0.1, -0.05) is 18.5 Å². The highest BCUT2D eigenvalue weighted by atomic mass is 35.5. The van der Waals surface area contributed by atoms with E-state index in [2.05, 4.69) is 15.0 Å². The van der Waals surface area contributed by atoms with E-state index in [1.165, 1.54) is 19.0 Å². The van der Waals surface area contributed by atoms with E-state index < -0.39 is 29.8 Å². The van der Waals surface area contributed by atoms with Gasteiger partial charge in [0.1, 0.15) is 17.6 Å². The summed E-state index contributed by atoms with van der Waals surface area (Å²) in [4.78, 5) is 18.3. The minimum absolute atomic E-state index is 0.00134. The van der Waals surface area contributed by atoms with E-state index >= 15 is 0 Å². The topological polar surface area (TPSA) is 76.5 Å². The van der Waals surface area contributed by atoms with Crippen LogP contribution in [-0.2, 0) is 9.53 Å². The third-order valence-electron chi connectivity index (χ3n) is 7.91. The number of piperidine rings is 1. The van der Waals surface area contributed by atoms with Crippen molar-refractivity contribution in [2.75, 3.05) is 37.2 Å². The molecule has 1 unspecified atom stereocenters. The number of carbonyl (C=O) groups is 1. The number of hydrogen-bond donors (Lipinski definition) is 0. The van der Waals surface area contributed by atoms with Gasteiger partial charge in [0.2, 0.25) is 5.88 Å². The van der Waals surface area contributed by atoms with Crippen LogP contribution < -0.4 is 19.4 Å². The number of benzene rings is 1. The number of anilines is 2. The lowest BCUT2D eigenvalue weighted by molar-refractivity contribution is -0.141. The number of methoxy groups -OCH3 is 2. The van der Waals surface area contributed by atoms with Crippen molar-refractivity contribution >= 4 is 34.7 Å². The normalized spacial score (nSPS) is 24.0. The maximum atomic E-state index is 13.6. The molecule has 8 nitrogen and oxygen atoms in total. The highest BCUT2D eigenvalue weighted by Crippen LogP contribution is 2.54. The van der Waals surface area contributed by atoms with Gasteiger partial charge >= 0.3 is 12.1 Å². The molecule has 3 heterocycles. The molecule has 0 radical (unpaired) electrons. The molecule has 1 aromatic heterocycles. The fraction of sp³-hybridized carbons (Fsp3) is 0.519. The number of nitrogens with zero attached hydrogens (tertiary/aromatic N) is 4. The maximum absolute atomic E-state index is 13.6. The van der Waals surface area contributed by atoms with Crippen LogP contribution in [-0.4, -0.2) is 62.3 Å². The number of pyridine rings is 1. The Balaban J connectivity index is 1.29. The third kappa shape index (κ3) is 5.46. The van der Waals surface area contributed by atoms with Gasteiger partial charge in [0, 0.05) is 36.9 Å². The van der Waals surface area contributed by atoms with Gasteiger partial charge in [-0.05, 0) is 37.1 Å². The molecule has 12 heteroatoms. The Hall–Kier alpha value is -3.21. The first kappa shape index (κ1) is 27.4. The monoisotopic (exact) mass is 566 g/mol. The third-order valence-corrected chi connectivity index (χ3v) is 8.20. The zero-order valence-electron chi connectivity index (χ0n) is 21.9. The Morgan fingerprint density at radius 1 is 1.21 bits per heavy atom. The zero-order chi connectivity index (χ0) is 27.9. The first-order valence-corrected chi connectivity index (χ1v) is 13.2. The molecule has 3 aliphatic rings. The van der Waals surface area contributed by atoms with E-state index in [1.807, 2.05) is 6.07 Å². The van der Waals surface area contributed by atoms with Crippen molar-refractivity contribution in [3.63, 3.8) is 0 Å². The molecule has 5 rings (SSSR count). The van der Waals surface area contributed by atoms with Gasteiger partial charge < -0.3 is 19.1 Å². The number of halogens is 4. The van der Waals surface area contributed by atoms with E-state index in [1.54, 1.807) is 37.6 Å². The van der Waals surface area contributed by atoms with Crippen LogP contribution in [0, 0.1) is 11.3 Å². The fourth-order valence-corrected chi connectivity index (χ4v) is 5.76. The van der Waals surface area contributed by atoms with Crippen molar-refractivity contribution in [3.05, 3.63) is 41.6 Å². The number of hydrazone groups is 1. The summed E-state index contributed by atoms with van der Waals surface area (Å²) < 4.78 is 57.1. The predicted molar refractivity (Wildman–Crippen MR) is 141 cm³/mol. The summed E-state index contributed by atoms with van der Waals surface area (Å²) in [6, 6.07) is 7.86. The minimum atomic E-state index is -4.59. The number of ether oxygens (including phenoxy) is 3. The van der Waals surface area contributed by atoms with E-state index in [9.17, 15) is 18.0 Å². The summed E-state index contributed by atoms with van der Waals surface area (Å²) in [5.41, 5.74) is 0.418. The second-order valence-corrected chi connectivity index (χ2v) is 10.7. The van der Waals surface area contributed by atoms with E-state index in [0.29, 0.717) is 22.3 Å². The Bertz CT molecular complexity index is 1250. The van der Waals surface area contributed by atoms with Crippen LogP contribution in [0.25, 0.3) is 0 Å². The summed E-state index contributed by atoms with van der Waals surface area (Å²) in [5.74, 6) is -0.453. The van der Waals surface area contributed by atoms with Crippen molar-refractivity contribution in [3.8, 4) is 11.6 Å². The van der Waals surface area contributed by atoms with E-state index in [0.717, 1.165) is 38.0 Å². The molecule has 1 aliphatic carbocycles. The van der Waals surface area contributed by atoms with Crippen LogP contribution in [0.15, 0.2) is 41.6 Å². The average Bonchev–Trinajstić information content (AvgIpc) is 3.60. The second-order valence-electron chi connectivity index (χ2n) is 10.3. The quantitative estimate of drug-likeness (QED) is 0.410. The zero-order valence-corrected chi connectivity index (χ0v) is 22.6. The Morgan fingerprint density at radius 3 is 2.54 bits per heavy atom. The molecule has 0 N–H and O–H groups in total. The van der Waals surface area contributed by atoms with Crippen molar-refractivity contribution in [1.82, 2.24) is 4.98 Å². The smallest absolute Gasteiger partial charge is 0.431 e. The van der Waals surface area contributed by atoms with Crippen LogP contribution in [0.5, 0.6) is 11.6 Å². The first-order chi connectivity index (χ1) is 18.5. The summed E-state index contributed by atoms with van der Waals surface area (Å²) in [7, 11) is 2.78. The molecule has 1 aromatic carbocycles. The molecule has 2 aliphatic heterocycles. The summed E-state index contributed by atoms with van der Waals surface area (Å²) >= 11 is 6.43. The largest absolute Gasteiger partial charge is 0.490 e. The van der Waals surface area contributed by atoms with Crippen LogP contribution in [0.4, 0.5) is 24.5 Å². The number of aromatic nitrogens is 1. The molecular weight excluding hydrogens is 537 g/mol. The number of hydrogen-bond acceptors (Lipinski definition) is 8. The average molecular weight is 567 g/mol. The van der Waals surface area contributed by atoms with Crippen molar-refractivity contribution in [2.24, 2.45) is 16.4 Å². The summed E-state index contributed by atoms with van der Waals surface area (Å²) in [5, 5.41) is 5.70. The molecular formula is C27H30ClF3N4O4. The molecule has 1 saturated heterocycles. The summed E-state index contributed by atoms with van der Waals surface area (Å²) in [6.45, 7) is 2.96. The number of carbonyl (C=O) groups excluding carboxylic acids is 1.